The number of carbonyl (C=O) groups excluding carboxylic acids is 2. The predicted molar refractivity (Wildman–Crippen MR) is 111 cm³/mol. The van der Waals surface area contributed by atoms with Gasteiger partial charge in [0.15, 0.2) is 5.16 Å². The molecule has 1 aliphatic rings. The fourth-order valence-electron chi connectivity index (χ4n) is 2.82. The SMILES string of the molecule is CCOCCCNC(=O)NC(=O)CSc1nnc(C2CC2)n1Cc1ccccc1. The molecule has 2 aromatic rings. The monoisotopic (exact) mass is 417 g/mol. The Morgan fingerprint density at radius 2 is 2.03 bits per heavy atom. The minimum Gasteiger partial charge on any atom is -0.382 e. The van der Waals surface area contributed by atoms with Crippen molar-refractivity contribution in [2.45, 2.75) is 43.8 Å². The number of thioether (sulfide) groups is 1. The highest BCUT2D eigenvalue weighted by molar-refractivity contribution is 7.99. The van der Waals surface area contributed by atoms with E-state index in [1.165, 1.54) is 11.8 Å². The first-order chi connectivity index (χ1) is 14.2. The average Bonchev–Trinajstić information content (AvgIpc) is 3.49. The quantitative estimate of drug-likeness (QED) is 0.431. The summed E-state index contributed by atoms with van der Waals surface area (Å²) in [7, 11) is 0. The van der Waals surface area contributed by atoms with Crippen molar-refractivity contribution in [2.24, 2.45) is 0 Å². The van der Waals surface area contributed by atoms with Crippen LogP contribution < -0.4 is 10.6 Å². The van der Waals surface area contributed by atoms with Gasteiger partial charge in [-0.3, -0.25) is 10.1 Å². The van der Waals surface area contributed by atoms with Crippen LogP contribution in [-0.2, 0) is 16.1 Å². The Morgan fingerprint density at radius 3 is 2.76 bits per heavy atom. The Bertz CT molecular complexity index is 808. The normalized spacial score (nSPS) is 13.3. The third kappa shape index (κ3) is 6.86. The second kappa shape index (κ2) is 11.0. The summed E-state index contributed by atoms with van der Waals surface area (Å²) in [5.74, 6) is 1.17. The van der Waals surface area contributed by atoms with Crippen molar-refractivity contribution < 1.29 is 14.3 Å². The minimum absolute atomic E-state index is 0.101. The lowest BCUT2D eigenvalue weighted by molar-refractivity contribution is -0.117. The van der Waals surface area contributed by atoms with Crippen molar-refractivity contribution in [1.82, 2.24) is 25.4 Å². The Hall–Kier alpha value is -2.39. The van der Waals surface area contributed by atoms with Gasteiger partial charge in [0.1, 0.15) is 5.82 Å². The topological polar surface area (TPSA) is 98.1 Å². The second-order valence-electron chi connectivity index (χ2n) is 6.83. The number of hydrogen-bond donors (Lipinski definition) is 2. The summed E-state index contributed by atoms with van der Waals surface area (Å²) in [5, 5.41) is 14.3. The molecule has 1 aromatic carbocycles. The van der Waals surface area contributed by atoms with E-state index in [2.05, 4.69) is 37.5 Å². The average molecular weight is 418 g/mol. The molecule has 0 bridgehead atoms. The Kier molecular flexibility index (Phi) is 8.06. The van der Waals surface area contributed by atoms with Gasteiger partial charge in [0, 0.05) is 25.7 Å². The number of urea groups is 1. The molecule has 0 atom stereocenters. The lowest BCUT2D eigenvalue weighted by atomic mass is 10.2. The van der Waals surface area contributed by atoms with Gasteiger partial charge in [-0.05, 0) is 31.7 Å². The van der Waals surface area contributed by atoms with Gasteiger partial charge >= 0.3 is 6.03 Å². The van der Waals surface area contributed by atoms with Crippen molar-refractivity contribution in [1.29, 1.82) is 0 Å². The Labute approximate surface area is 174 Å². The minimum atomic E-state index is -0.489. The van der Waals surface area contributed by atoms with Gasteiger partial charge in [0.2, 0.25) is 5.91 Å². The van der Waals surface area contributed by atoms with Crippen LogP contribution >= 0.6 is 11.8 Å². The van der Waals surface area contributed by atoms with Crippen LogP contribution in [0.5, 0.6) is 0 Å². The van der Waals surface area contributed by atoms with Gasteiger partial charge in [0.05, 0.1) is 12.3 Å². The molecule has 1 fully saturated rings. The lowest BCUT2D eigenvalue weighted by Gasteiger charge is -2.10. The molecule has 1 aliphatic carbocycles. The molecule has 3 amide bonds. The number of ether oxygens (including phenoxy) is 1. The number of nitrogens with zero attached hydrogens (tertiary/aromatic N) is 3. The molecule has 1 heterocycles. The summed E-state index contributed by atoms with van der Waals surface area (Å²) >= 11 is 1.29. The molecular formula is C20H27N5O3S. The van der Waals surface area contributed by atoms with E-state index >= 15 is 0 Å². The van der Waals surface area contributed by atoms with Crippen LogP contribution in [0, 0.1) is 0 Å². The van der Waals surface area contributed by atoms with Crippen molar-refractivity contribution in [2.75, 3.05) is 25.5 Å². The van der Waals surface area contributed by atoms with Gasteiger partial charge in [-0.1, -0.05) is 42.1 Å². The van der Waals surface area contributed by atoms with E-state index in [4.69, 9.17) is 4.74 Å². The molecule has 1 aromatic heterocycles. The number of imide groups is 1. The van der Waals surface area contributed by atoms with E-state index in [9.17, 15) is 9.59 Å². The molecule has 0 saturated heterocycles. The van der Waals surface area contributed by atoms with E-state index in [0.29, 0.717) is 43.8 Å². The van der Waals surface area contributed by atoms with Crippen LogP contribution in [0.4, 0.5) is 4.79 Å². The number of carbonyl (C=O) groups is 2. The number of amides is 3. The third-order valence-corrected chi connectivity index (χ3v) is 5.38. The molecule has 0 spiro atoms. The molecule has 0 radical (unpaired) electrons. The first-order valence-electron chi connectivity index (χ1n) is 9.92. The number of rotatable bonds is 11. The smallest absolute Gasteiger partial charge is 0.321 e. The molecular weight excluding hydrogens is 390 g/mol. The zero-order valence-electron chi connectivity index (χ0n) is 16.6. The maximum absolute atomic E-state index is 12.1. The molecule has 29 heavy (non-hydrogen) atoms. The molecule has 156 valence electrons. The number of nitrogens with one attached hydrogen (secondary N) is 2. The third-order valence-electron chi connectivity index (χ3n) is 4.41. The van der Waals surface area contributed by atoms with Crippen LogP contribution in [0.25, 0.3) is 0 Å². The summed E-state index contributed by atoms with van der Waals surface area (Å²) in [5.41, 5.74) is 1.16. The maximum Gasteiger partial charge on any atom is 0.321 e. The zero-order valence-corrected chi connectivity index (χ0v) is 17.4. The van der Waals surface area contributed by atoms with Gasteiger partial charge in [-0.15, -0.1) is 10.2 Å². The Balaban J connectivity index is 1.50. The molecule has 1 saturated carbocycles. The summed E-state index contributed by atoms with van der Waals surface area (Å²) in [6.45, 7) is 4.29. The van der Waals surface area contributed by atoms with Gasteiger partial charge < -0.3 is 14.6 Å². The summed E-state index contributed by atoms with van der Waals surface area (Å²) in [6, 6.07) is 9.63. The van der Waals surface area contributed by atoms with Crippen LogP contribution in [0.3, 0.4) is 0 Å². The van der Waals surface area contributed by atoms with Crippen molar-refractivity contribution in [3.63, 3.8) is 0 Å². The number of aromatic nitrogens is 3. The number of hydrogen-bond acceptors (Lipinski definition) is 6. The van der Waals surface area contributed by atoms with E-state index in [1.807, 2.05) is 25.1 Å². The van der Waals surface area contributed by atoms with Gasteiger partial charge in [-0.25, -0.2) is 4.79 Å². The first kappa shape index (κ1) is 21.3. The van der Waals surface area contributed by atoms with E-state index < -0.39 is 6.03 Å². The first-order valence-corrected chi connectivity index (χ1v) is 10.9. The molecule has 0 unspecified atom stereocenters. The summed E-state index contributed by atoms with van der Waals surface area (Å²) < 4.78 is 7.29. The molecule has 2 N–H and O–H groups in total. The van der Waals surface area contributed by atoms with Crippen molar-refractivity contribution in [3.05, 3.63) is 41.7 Å². The standard InChI is InChI=1S/C20H27N5O3S/c1-2-28-12-6-11-21-19(27)22-17(26)14-29-20-24-23-18(16-9-10-16)25(20)13-15-7-4-3-5-8-15/h3-5,7-8,16H,2,6,9-14H2,1H3,(H2,21,22,26,27). The van der Waals surface area contributed by atoms with Crippen LogP contribution in [0.15, 0.2) is 35.5 Å². The van der Waals surface area contributed by atoms with Gasteiger partial charge in [0.25, 0.3) is 0 Å². The van der Waals surface area contributed by atoms with Crippen LogP contribution in [0.2, 0.25) is 0 Å². The number of benzene rings is 1. The van der Waals surface area contributed by atoms with Crippen LogP contribution in [-0.4, -0.2) is 52.2 Å². The fourth-order valence-corrected chi connectivity index (χ4v) is 3.57. The van der Waals surface area contributed by atoms with Gasteiger partial charge in [-0.2, -0.15) is 0 Å². The lowest BCUT2D eigenvalue weighted by Crippen LogP contribution is -2.40. The highest BCUT2D eigenvalue weighted by Crippen LogP contribution is 2.40. The van der Waals surface area contributed by atoms with Crippen molar-refractivity contribution >= 4 is 23.7 Å². The van der Waals surface area contributed by atoms with Crippen molar-refractivity contribution in [3.8, 4) is 0 Å². The summed E-state index contributed by atoms with van der Waals surface area (Å²) in [4.78, 5) is 23.9. The largest absolute Gasteiger partial charge is 0.382 e. The predicted octanol–water partition coefficient (Wildman–Crippen LogP) is 2.55. The molecule has 9 heteroatoms. The highest BCUT2D eigenvalue weighted by Gasteiger charge is 2.30. The Morgan fingerprint density at radius 1 is 1.24 bits per heavy atom. The molecule has 3 rings (SSSR count). The van der Waals surface area contributed by atoms with Crippen LogP contribution in [0.1, 0.15) is 43.5 Å². The zero-order chi connectivity index (χ0) is 20.5. The molecule has 0 aliphatic heterocycles. The maximum atomic E-state index is 12.1. The second-order valence-corrected chi connectivity index (χ2v) is 7.77. The fraction of sp³-hybridized carbons (Fsp3) is 0.500. The van der Waals surface area contributed by atoms with E-state index in [1.54, 1.807) is 0 Å². The highest BCUT2D eigenvalue weighted by atomic mass is 32.2. The summed E-state index contributed by atoms with van der Waals surface area (Å²) in [6.07, 6.45) is 2.96. The molecule has 8 nitrogen and oxygen atoms in total. The van der Waals surface area contributed by atoms with E-state index in [-0.39, 0.29) is 11.7 Å². The van der Waals surface area contributed by atoms with E-state index in [0.717, 1.165) is 24.2 Å².